The molecular weight excluding hydrogens is 242 g/mol. The van der Waals surface area contributed by atoms with E-state index in [4.69, 9.17) is 4.74 Å². The van der Waals surface area contributed by atoms with Crippen molar-refractivity contribution in [3.63, 3.8) is 0 Å². The third kappa shape index (κ3) is 3.13. The highest BCUT2D eigenvalue weighted by Crippen LogP contribution is 2.19. The number of ether oxygens (including phenoxy) is 1. The molecule has 1 aliphatic rings. The Balaban J connectivity index is 1.95. The van der Waals surface area contributed by atoms with Gasteiger partial charge >= 0.3 is 5.97 Å². The van der Waals surface area contributed by atoms with Crippen LogP contribution in [0.3, 0.4) is 0 Å². The first-order chi connectivity index (χ1) is 9.11. The molecule has 0 saturated carbocycles. The molecule has 0 spiro atoms. The van der Waals surface area contributed by atoms with Crippen molar-refractivity contribution >= 4 is 11.9 Å². The fourth-order valence-electron chi connectivity index (χ4n) is 2.43. The lowest BCUT2D eigenvalue weighted by molar-refractivity contribution is -0.145. The predicted molar refractivity (Wildman–Crippen MR) is 71.6 cm³/mol. The van der Waals surface area contributed by atoms with Crippen LogP contribution in [-0.4, -0.2) is 37.0 Å². The van der Waals surface area contributed by atoms with Gasteiger partial charge < -0.3 is 9.64 Å². The molecule has 1 aliphatic heterocycles. The quantitative estimate of drug-likeness (QED) is 0.776. The molecule has 1 amide bonds. The average Bonchev–Trinajstić information content (AvgIpc) is 2.90. The van der Waals surface area contributed by atoms with Gasteiger partial charge in [-0.3, -0.25) is 9.59 Å². The maximum atomic E-state index is 12.2. The zero-order valence-corrected chi connectivity index (χ0v) is 11.4. The molecular formula is C15H19NO3. The predicted octanol–water partition coefficient (Wildman–Crippen LogP) is 1.56. The van der Waals surface area contributed by atoms with Gasteiger partial charge in [-0.2, -0.15) is 0 Å². The van der Waals surface area contributed by atoms with E-state index in [2.05, 4.69) is 0 Å². The normalized spacial score (nSPS) is 18.4. The molecule has 1 atom stereocenters. The van der Waals surface area contributed by atoms with Gasteiger partial charge in [-0.15, -0.1) is 0 Å². The highest BCUT2D eigenvalue weighted by atomic mass is 16.5. The van der Waals surface area contributed by atoms with Crippen molar-refractivity contribution in [2.75, 3.05) is 20.2 Å². The Morgan fingerprint density at radius 2 is 2.11 bits per heavy atom. The number of hydrogen-bond donors (Lipinski definition) is 0. The van der Waals surface area contributed by atoms with E-state index in [0.717, 1.165) is 11.1 Å². The van der Waals surface area contributed by atoms with Gasteiger partial charge in [0.05, 0.1) is 19.4 Å². The monoisotopic (exact) mass is 261 g/mol. The molecule has 1 aromatic carbocycles. The van der Waals surface area contributed by atoms with E-state index >= 15 is 0 Å². The summed E-state index contributed by atoms with van der Waals surface area (Å²) in [5, 5.41) is 0. The van der Waals surface area contributed by atoms with Crippen molar-refractivity contribution in [2.45, 2.75) is 19.8 Å². The molecule has 102 valence electrons. The minimum Gasteiger partial charge on any atom is -0.469 e. The van der Waals surface area contributed by atoms with Crippen LogP contribution in [0.5, 0.6) is 0 Å². The van der Waals surface area contributed by atoms with Crippen molar-refractivity contribution in [3.05, 3.63) is 35.4 Å². The van der Waals surface area contributed by atoms with Gasteiger partial charge in [-0.25, -0.2) is 0 Å². The molecule has 19 heavy (non-hydrogen) atoms. The highest BCUT2D eigenvalue weighted by Gasteiger charge is 2.31. The maximum Gasteiger partial charge on any atom is 0.310 e. The SMILES string of the molecule is COC(=O)C1CCN(C(=O)Cc2ccccc2C)C1. The molecule has 2 rings (SSSR count). The minimum atomic E-state index is -0.216. The number of carbonyl (C=O) groups is 2. The van der Waals surface area contributed by atoms with Gasteiger partial charge in [-0.05, 0) is 24.5 Å². The lowest BCUT2D eigenvalue weighted by Crippen LogP contribution is -2.31. The van der Waals surface area contributed by atoms with E-state index in [1.807, 2.05) is 31.2 Å². The van der Waals surface area contributed by atoms with Crippen molar-refractivity contribution in [1.29, 1.82) is 0 Å². The number of hydrogen-bond acceptors (Lipinski definition) is 3. The van der Waals surface area contributed by atoms with Crippen LogP contribution >= 0.6 is 0 Å². The molecule has 1 saturated heterocycles. The van der Waals surface area contributed by atoms with E-state index in [-0.39, 0.29) is 17.8 Å². The van der Waals surface area contributed by atoms with Gasteiger partial charge in [0.15, 0.2) is 0 Å². The van der Waals surface area contributed by atoms with E-state index in [0.29, 0.717) is 25.9 Å². The summed E-state index contributed by atoms with van der Waals surface area (Å²) < 4.78 is 4.72. The first-order valence-electron chi connectivity index (χ1n) is 6.52. The van der Waals surface area contributed by atoms with Crippen LogP contribution in [0.2, 0.25) is 0 Å². The molecule has 0 bridgehead atoms. The fraction of sp³-hybridized carbons (Fsp3) is 0.467. The molecule has 4 nitrogen and oxygen atoms in total. The van der Waals surface area contributed by atoms with Gasteiger partial charge in [0.25, 0.3) is 0 Å². The Kier molecular flexibility index (Phi) is 4.20. The third-order valence-corrected chi connectivity index (χ3v) is 3.68. The number of likely N-dealkylation sites (tertiary alicyclic amines) is 1. The average molecular weight is 261 g/mol. The second-order valence-electron chi connectivity index (χ2n) is 4.95. The summed E-state index contributed by atoms with van der Waals surface area (Å²) in [6.07, 6.45) is 1.10. The Bertz CT molecular complexity index is 484. The second kappa shape index (κ2) is 5.87. The lowest BCUT2D eigenvalue weighted by Gasteiger charge is -2.16. The standard InChI is InChI=1S/C15H19NO3/c1-11-5-3-4-6-12(11)9-14(17)16-8-7-13(10-16)15(18)19-2/h3-6,13H,7-10H2,1-2H3. The fourth-order valence-corrected chi connectivity index (χ4v) is 2.43. The van der Waals surface area contributed by atoms with Crippen LogP contribution in [0.4, 0.5) is 0 Å². The Labute approximate surface area is 113 Å². The molecule has 1 fully saturated rings. The number of nitrogens with zero attached hydrogens (tertiary/aromatic N) is 1. The summed E-state index contributed by atoms with van der Waals surface area (Å²) in [4.78, 5) is 25.4. The minimum absolute atomic E-state index is 0.0840. The summed E-state index contributed by atoms with van der Waals surface area (Å²) >= 11 is 0. The third-order valence-electron chi connectivity index (χ3n) is 3.68. The molecule has 0 aromatic heterocycles. The molecule has 0 aliphatic carbocycles. The van der Waals surface area contributed by atoms with Crippen LogP contribution in [0, 0.1) is 12.8 Å². The molecule has 1 heterocycles. The number of methoxy groups -OCH3 is 1. The zero-order chi connectivity index (χ0) is 13.8. The van der Waals surface area contributed by atoms with Crippen LogP contribution in [0.15, 0.2) is 24.3 Å². The first-order valence-corrected chi connectivity index (χ1v) is 6.52. The Hall–Kier alpha value is -1.84. The number of aryl methyl sites for hydroxylation is 1. The smallest absolute Gasteiger partial charge is 0.310 e. The number of esters is 1. The van der Waals surface area contributed by atoms with Crippen molar-refractivity contribution in [1.82, 2.24) is 4.90 Å². The molecule has 4 heteroatoms. The van der Waals surface area contributed by atoms with Gasteiger partial charge in [0.1, 0.15) is 0 Å². The largest absolute Gasteiger partial charge is 0.469 e. The van der Waals surface area contributed by atoms with E-state index in [1.165, 1.54) is 7.11 Å². The summed E-state index contributed by atoms with van der Waals surface area (Å²) in [6, 6.07) is 7.88. The van der Waals surface area contributed by atoms with E-state index in [1.54, 1.807) is 4.90 Å². The molecule has 0 radical (unpaired) electrons. The van der Waals surface area contributed by atoms with Crippen molar-refractivity contribution < 1.29 is 14.3 Å². The van der Waals surface area contributed by atoms with Crippen LogP contribution in [-0.2, 0) is 20.7 Å². The van der Waals surface area contributed by atoms with Gasteiger partial charge in [0, 0.05) is 13.1 Å². The summed E-state index contributed by atoms with van der Waals surface area (Å²) in [6.45, 7) is 3.13. The topological polar surface area (TPSA) is 46.6 Å². The summed E-state index contributed by atoms with van der Waals surface area (Å²) in [5.41, 5.74) is 2.17. The first kappa shape index (κ1) is 13.6. The summed E-state index contributed by atoms with van der Waals surface area (Å²) in [5.74, 6) is -0.294. The van der Waals surface area contributed by atoms with Crippen LogP contribution in [0.1, 0.15) is 17.5 Å². The van der Waals surface area contributed by atoms with Gasteiger partial charge in [-0.1, -0.05) is 24.3 Å². The molecule has 1 unspecified atom stereocenters. The molecule has 0 N–H and O–H groups in total. The number of amides is 1. The lowest BCUT2D eigenvalue weighted by atomic mass is 10.1. The van der Waals surface area contributed by atoms with Gasteiger partial charge in [0.2, 0.25) is 5.91 Å². The Morgan fingerprint density at radius 3 is 2.79 bits per heavy atom. The maximum absolute atomic E-state index is 12.2. The van der Waals surface area contributed by atoms with E-state index in [9.17, 15) is 9.59 Å². The van der Waals surface area contributed by atoms with Crippen LogP contribution in [0.25, 0.3) is 0 Å². The second-order valence-corrected chi connectivity index (χ2v) is 4.95. The van der Waals surface area contributed by atoms with Crippen LogP contribution < -0.4 is 0 Å². The van der Waals surface area contributed by atoms with Crippen molar-refractivity contribution in [2.24, 2.45) is 5.92 Å². The van der Waals surface area contributed by atoms with Crippen molar-refractivity contribution in [3.8, 4) is 0 Å². The van der Waals surface area contributed by atoms with E-state index < -0.39 is 0 Å². The number of benzene rings is 1. The highest BCUT2D eigenvalue weighted by molar-refractivity contribution is 5.81. The Morgan fingerprint density at radius 1 is 1.37 bits per heavy atom. The zero-order valence-electron chi connectivity index (χ0n) is 11.4. The number of rotatable bonds is 3. The number of carbonyl (C=O) groups excluding carboxylic acids is 2. The molecule has 1 aromatic rings. The summed E-state index contributed by atoms with van der Waals surface area (Å²) in [7, 11) is 1.39.